The Morgan fingerprint density at radius 3 is 2.23 bits per heavy atom. The van der Waals surface area contributed by atoms with Gasteiger partial charge in [-0.25, -0.2) is 4.98 Å². The summed E-state index contributed by atoms with van der Waals surface area (Å²) in [7, 11) is 0. The molecule has 39 heavy (non-hydrogen) atoms. The maximum absolute atomic E-state index is 6.16. The molecular weight excluding hydrogens is 478 g/mol. The molecule has 1 aliphatic heterocycles. The Morgan fingerprint density at radius 2 is 1.28 bits per heavy atom. The maximum atomic E-state index is 6.16. The summed E-state index contributed by atoms with van der Waals surface area (Å²) in [5.41, 5.74) is 9.43. The van der Waals surface area contributed by atoms with Crippen LogP contribution >= 0.6 is 0 Å². The Balaban J connectivity index is 1.43. The fourth-order valence-electron chi connectivity index (χ4n) is 6.14. The summed E-state index contributed by atoms with van der Waals surface area (Å²) < 4.78 is 8.48. The molecule has 0 unspecified atom stereocenters. The summed E-state index contributed by atoms with van der Waals surface area (Å²) in [6.07, 6.45) is 0. The first-order chi connectivity index (χ1) is 19.3. The number of hydrogen-bond donors (Lipinski definition) is 0. The summed E-state index contributed by atoms with van der Waals surface area (Å²) in [4.78, 5) is 7.54. The average molecular weight is 500 g/mol. The van der Waals surface area contributed by atoms with Gasteiger partial charge in [-0.3, -0.25) is 9.47 Å². The van der Waals surface area contributed by atoms with Gasteiger partial charge < -0.3 is 4.42 Å². The molecule has 0 atom stereocenters. The molecular formula is C35H21N3O. The molecule has 0 N–H and O–H groups in total. The van der Waals surface area contributed by atoms with Gasteiger partial charge in [-0.2, -0.15) is 0 Å². The molecule has 2 aromatic heterocycles. The molecule has 0 bridgehead atoms. The number of aromatic nitrogens is 2. The van der Waals surface area contributed by atoms with Gasteiger partial charge in [0, 0.05) is 27.6 Å². The standard InChI is InChI=1S/C35H21N3O/c1-2-10-23-20-32-27(19-22(23)9-1)25-11-3-6-14-30(25)37(35-36-29-13-5-7-15-31(29)38(32)35)24-17-18-34-28(21-24)26-12-4-8-16-33(26)39-34/h1-21H. The Hall–Kier alpha value is -5.35. The van der Waals surface area contributed by atoms with Crippen LogP contribution in [-0.2, 0) is 0 Å². The predicted octanol–water partition coefficient (Wildman–Crippen LogP) is 9.53. The van der Waals surface area contributed by atoms with Gasteiger partial charge in [-0.15, -0.1) is 0 Å². The van der Waals surface area contributed by atoms with Crippen molar-refractivity contribution in [2.24, 2.45) is 0 Å². The van der Waals surface area contributed by atoms with Crippen LogP contribution in [0.5, 0.6) is 0 Å². The number of imidazole rings is 1. The van der Waals surface area contributed by atoms with E-state index in [1.165, 1.54) is 21.9 Å². The van der Waals surface area contributed by atoms with Crippen LogP contribution in [0.1, 0.15) is 0 Å². The molecule has 9 rings (SSSR count). The minimum absolute atomic E-state index is 0.866. The molecule has 0 saturated carbocycles. The van der Waals surface area contributed by atoms with Crippen molar-refractivity contribution in [3.63, 3.8) is 0 Å². The Bertz CT molecular complexity index is 2250. The van der Waals surface area contributed by atoms with E-state index in [-0.39, 0.29) is 0 Å². The van der Waals surface area contributed by atoms with Crippen molar-refractivity contribution in [1.82, 2.24) is 9.55 Å². The van der Waals surface area contributed by atoms with Crippen LogP contribution in [0.2, 0.25) is 0 Å². The normalized spacial score (nSPS) is 12.6. The molecule has 0 amide bonds. The van der Waals surface area contributed by atoms with Crippen LogP contribution in [-0.4, -0.2) is 9.55 Å². The molecule has 8 aromatic rings. The van der Waals surface area contributed by atoms with E-state index in [4.69, 9.17) is 9.40 Å². The number of furan rings is 1. The second-order valence-electron chi connectivity index (χ2n) is 10.1. The second kappa shape index (κ2) is 7.59. The SMILES string of the molecule is c1ccc2c(c1)-c1cc3ccccc3cc1-n1c(nc3ccccc31)N2c1ccc2oc3ccccc3c2c1. The van der Waals surface area contributed by atoms with Crippen molar-refractivity contribution in [3.8, 4) is 16.8 Å². The fraction of sp³-hybridized carbons (Fsp3) is 0. The van der Waals surface area contributed by atoms with Crippen molar-refractivity contribution in [3.05, 3.63) is 127 Å². The minimum Gasteiger partial charge on any atom is -0.456 e. The van der Waals surface area contributed by atoms with Crippen molar-refractivity contribution >= 4 is 61.1 Å². The zero-order valence-corrected chi connectivity index (χ0v) is 20.9. The molecule has 0 saturated heterocycles. The first-order valence-electron chi connectivity index (χ1n) is 13.1. The van der Waals surface area contributed by atoms with Crippen molar-refractivity contribution < 1.29 is 4.42 Å². The van der Waals surface area contributed by atoms with Crippen LogP contribution in [0, 0.1) is 0 Å². The Labute approximate surface area is 224 Å². The number of nitrogens with zero attached hydrogens (tertiary/aromatic N) is 3. The van der Waals surface area contributed by atoms with E-state index < -0.39 is 0 Å². The van der Waals surface area contributed by atoms with Crippen LogP contribution in [0.4, 0.5) is 17.3 Å². The zero-order valence-electron chi connectivity index (χ0n) is 20.9. The summed E-state index contributed by atoms with van der Waals surface area (Å²) in [5.74, 6) is 0.866. The molecule has 182 valence electrons. The van der Waals surface area contributed by atoms with Gasteiger partial charge in [-0.1, -0.05) is 72.8 Å². The first-order valence-corrected chi connectivity index (χ1v) is 13.1. The number of rotatable bonds is 1. The van der Waals surface area contributed by atoms with Crippen molar-refractivity contribution in [1.29, 1.82) is 0 Å². The lowest BCUT2D eigenvalue weighted by Crippen LogP contribution is -2.14. The molecule has 4 heteroatoms. The third-order valence-electron chi connectivity index (χ3n) is 7.90. The third kappa shape index (κ3) is 2.85. The zero-order chi connectivity index (χ0) is 25.5. The highest BCUT2D eigenvalue weighted by atomic mass is 16.3. The second-order valence-corrected chi connectivity index (χ2v) is 10.1. The molecule has 4 nitrogen and oxygen atoms in total. The van der Waals surface area contributed by atoms with Crippen LogP contribution in [0.25, 0.3) is 60.6 Å². The number of fused-ring (bicyclic) bond motifs is 11. The molecule has 6 aromatic carbocycles. The minimum atomic E-state index is 0.866. The number of anilines is 3. The van der Waals surface area contributed by atoms with Gasteiger partial charge in [0.05, 0.1) is 22.4 Å². The van der Waals surface area contributed by atoms with Gasteiger partial charge in [0.1, 0.15) is 11.2 Å². The monoisotopic (exact) mass is 499 g/mol. The lowest BCUT2D eigenvalue weighted by molar-refractivity contribution is 0.669. The smallest absolute Gasteiger partial charge is 0.220 e. The molecule has 3 heterocycles. The van der Waals surface area contributed by atoms with Crippen LogP contribution < -0.4 is 4.90 Å². The van der Waals surface area contributed by atoms with Gasteiger partial charge in [0.2, 0.25) is 5.95 Å². The molecule has 0 radical (unpaired) electrons. The maximum Gasteiger partial charge on any atom is 0.220 e. The number of para-hydroxylation sites is 4. The summed E-state index contributed by atoms with van der Waals surface area (Å²) in [6, 6.07) is 44.9. The van der Waals surface area contributed by atoms with E-state index in [1.807, 2.05) is 12.1 Å². The molecule has 0 aliphatic carbocycles. The quantitative estimate of drug-likeness (QED) is 0.225. The van der Waals surface area contributed by atoms with Gasteiger partial charge in [0.15, 0.2) is 0 Å². The van der Waals surface area contributed by atoms with Gasteiger partial charge >= 0.3 is 0 Å². The first kappa shape index (κ1) is 20.7. The Kier molecular flexibility index (Phi) is 4.02. The lowest BCUT2D eigenvalue weighted by atomic mass is 9.97. The van der Waals surface area contributed by atoms with E-state index in [0.29, 0.717) is 0 Å². The molecule has 0 fully saturated rings. The Morgan fingerprint density at radius 1 is 0.538 bits per heavy atom. The van der Waals surface area contributed by atoms with E-state index in [0.717, 1.165) is 56.0 Å². The lowest BCUT2D eigenvalue weighted by Gasteiger charge is -2.24. The average Bonchev–Trinajstić information content (AvgIpc) is 3.52. The number of benzene rings is 6. The summed E-state index contributed by atoms with van der Waals surface area (Å²) >= 11 is 0. The third-order valence-corrected chi connectivity index (χ3v) is 7.90. The topological polar surface area (TPSA) is 34.2 Å². The van der Waals surface area contributed by atoms with Crippen molar-refractivity contribution in [2.75, 3.05) is 4.90 Å². The number of hydrogen-bond acceptors (Lipinski definition) is 3. The highest BCUT2D eigenvalue weighted by Crippen LogP contribution is 2.49. The molecule has 1 aliphatic rings. The van der Waals surface area contributed by atoms with E-state index in [9.17, 15) is 0 Å². The van der Waals surface area contributed by atoms with E-state index >= 15 is 0 Å². The van der Waals surface area contributed by atoms with Crippen LogP contribution in [0.15, 0.2) is 132 Å². The predicted molar refractivity (Wildman–Crippen MR) is 160 cm³/mol. The summed E-state index contributed by atoms with van der Waals surface area (Å²) in [6.45, 7) is 0. The van der Waals surface area contributed by atoms with E-state index in [1.54, 1.807) is 0 Å². The van der Waals surface area contributed by atoms with Crippen LogP contribution in [0.3, 0.4) is 0 Å². The van der Waals surface area contributed by atoms with E-state index in [2.05, 4.69) is 125 Å². The summed E-state index contributed by atoms with van der Waals surface area (Å²) in [5, 5.41) is 4.63. The largest absolute Gasteiger partial charge is 0.456 e. The highest BCUT2D eigenvalue weighted by molar-refractivity contribution is 6.07. The fourth-order valence-corrected chi connectivity index (χ4v) is 6.14. The van der Waals surface area contributed by atoms with Gasteiger partial charge in [-0.05, 0) is 65.4 Å². The van der Waals surface area contributed by atoms with Gasteiger partial charge in [0.25, 0.3) is 0 Å². The highest BCUT2D eigenvalue weighted by Gasteiger charge is 2.29. The van der Waals surface area contributed by atoms with Crippen molar-refractivity contribution in [2.45, 2.75) is 0 Å². The molecule has 0 spiro atoms.